The van der Waals surface area contributed by atoms with Crippen molar-refractivity contribution < 1.29 is 28.6 Å². The Hall–Kier alpha value is -4.16. The van der Waals surface area contributed by atoms with Crippen molar-refractivity contribution in [1.82, 2.24) is 19.8 Å². The lowest BCUT2D eigenvalue weighted by Gasteiger charge is -2.23. The Labute approximate surface area is 294 Å². The van der Waals surface area contributed by atoms with Gasteiger partial charge in [-0.3, -0.25) is 14.9 Å². The molecule has 0 bridgehead atoms. The first-order valence-electron chi connectivity index (χ1n) is 16.0. The molecule has 1 amide bonds. The van der Waals surface area contributed by atoms with Crippen LogP contribution in [0.3, 0.4) is 0 Å². The maximum absolute atomic E-state index is 15.8. The van der Waals surface area contributed by atoms with Crippen molar-refractivity contribution in [1.29, 1.82) is 0 Å². The number of fused-ring (bicyclic) bond motifs is 2. The van der Waals surface area contributed by atoms with Crippen LogP contribution in [-0.4, -0.2) is 57.7 Å². The number of rotatable bonds is 10. The van der Waals surface area contributed by atoms with Crippen LogP contribution in [0.4, 0.5) is 10.1 Å². The molecule has 3 N–H and O–H groups in total. The molecular weight excluding hydrogens is 672 g/mol. The highest BCUT2D eigenvalue weighted by Crippen LogP contribution is 2.46. The van der Waals surface area contributed by atoms with Crippen LogP contribution in [0.25, 0.3) is 11.1 Å². The molecule has 0 radical (unpaired) electrons. The number of benzene rings is 3. The van der Waals surface area contributed by atoms with E-state index >= 15 is 4.39 Å². The molecule has 0 saturated heterocycles. The number of nitrogens with zero attached hydrogens (tertiary/aromatic N) is 3. The smallest absolute Gasteiger partial charge is 0.323 e. The molecule has 13 heteroatoms. The van der Waals surface area contributed by atoms with Gasteiger partial charge in [0.25, 0.3) is 5.91 Å². The van der Waals surface area contributed by atoms with Gasteiger partial charge in [-0.2, -0.15) is 4.39 Å². The summed E-state index contributed by atoms with van der Waals surface area (Å²) in [4.78, 5) is 31.7. The molecule has 1 aliphatic carbocycles. The Bertz CT molecular complexity index is 1960. The number of carbonyl (C=O) groups excluding carboxylic acids is 1. The lowest BCUT2D eigenvalue weighted by atomic mass is 9.96. The Morgan fingerprint density at radius 2 is 1.84 bits per heavy atom. The fraction of sp³-hybridized carbons (Fsp3) is 0.361. The summed E-state index contributed by atoms with van der Waals surface area (Å²) in [6.45, 7) is 4.63. The minimum atomic E-state index is -1.25. The van der Waals surface area contributed by atoms with E-state index < -0.39 is 23.4 Å². The Morgan fingerprint density at radius 1 is 1.10 bits per heavy atom. The summed E-state index contributed by atoms with van der Waals surface area (Å²) in [6.07, 6.45) is 1.52. The van der Waals surface area contributed by atoms with Crippen molar-refractivity contribution in [2.24, 2.45) is 7.05 Å². The number of halogens is 3. The molecule has 1 aromatic heterocycles. The number of hydrogen-bond acceptors (Lipinski definition) is 7. The molecule has 1 atom stereocenters. The van der Waals surface area contributed by atoms with Crippen molar-refractivity contribution in [2.45, 2.75) is 57.8 Å². The molecule has 0 fully saturated rings. The SMILES string of the molecule is COc1c(CNC(C)(C)C(=O)O)cc(Cl)c(OC2CCc3c(-c4cccc(NC(=O)c5nc6c(n5C)CCN(C)C6)c4Cl)cccc32)c1F. The second kappa shape index (κ2) is 13.6. The minimum absolute atomic E-state index is 0.0106. The van der Waals surface area contributed by atoms with Gasteiger partial charge >= 0.3 is 5.97 Å². The molecule has 258 valence electrons. The number of anilines is 1. The van der Waals surface area contributed by atoms with E-state index in [0.29, 0.717) is 41.5 Å². The quantitative estimate of drug-likeness (QED) is 0.165. The van der Waals surface area contributed by atoms with Crippen molar-refractivity contribution >= 4 is 40.8 Å². The highest BCUT2D eigenvalue weighted by molar-refractivity contribution is 6.36. The molecule has 10 nitrogen and oxygen atoms in total. The van der Waals surface area contributed by atoms with Gasteiger partial charge in [0.2, 0.25) is 5.82 Å². The summed E-state index contributed by atoms with van der Waals surface area (Å²) in [5.41, 5.74) is 5.03. The molecular formula is C36H38Cl2FN5O5. The second-order valence-corrected chi connectivity index (χ2v) is 13.8. The van der Waals surface area contributed by atoms with Crippen LogP contribution in [-0.2, 0) is 37.8 Å². The number of amides is 1. The van der Waals surface area contributed by atoms with Gasteiger partial charge in [-0.1, -0.05) is 53.5 Å². The van der Waals surface area contributed by atoms with Crippen molar-refractivity contribution in [2.75, 3.05) is 26.0 Å². The predicted molar refractivity (Wildman–Crippen MR) is 186 cm³/mol. The fourth-order valence-electron chi connectivity index (χ4n) is 6.49. The molecule has 3 aromatic carbocycles. The zero-order valence-electron chi connectivity index (χ0n) is 27.9. The van der Waals surface area contributed by atoms with E-state index in [-0.39, 0.29) is 29.0 Å². The number of ether oxygens (including phenoxy) is 2. The number of imidazole rings is 1. The van der Waals surface area contributed by atoms with Crippen LogP contribution in [0.1, 0.15) is 65.1 Å². The predicted octanol–water partition coefficient (Wildman–Crippen LogP) is 6.80. The lowest BCUT2D eigenvalue weighted by molar-refractivity contribution is -0.143. The van der Waals surface area contributed by atoms with E-state index in [4.69, 9.17) is 32.7 Å². The first-order chi connectivity index (χ1) is 23.3. The molecule has 2 aliphatic rings. The zero-order valence-corrected chi connectivity index (χ0v) is 29.4. The molecule has 2 heterocycles. The largest absolute Gasteiger partial charge is 0.493 e. The van der Waals surface area contributed by atoms with E-state index in [1.54, 1.807) is 6.07 Å². The van der Waals surface area contributed by atoms with E-state index in [9.17, 15) is 14.7 Å². The average Bonchev–Trinajstić information content (AvgIpc) is 3.63. The minimum Gasteiger partial charge on any atom is -0.493 e. The van der Waals surface area contributed by atoms with Gasteiger partial charge in [0.05, 0.1) is 28.5 Å². The summed E-state index contributed by atoms with van der Waals surface area (Å²) < 4.78 is 29.3. The number of likely N-dealkylation sites (N-methyl/N-ethyl adjacent to an activating group) is 1. The van der Waals surface area contributed by atoms with Gasteiger partial charge in [-0.05, 0) is 62.6 Å². The third-order valence-corrected chi connectivity index (χ3v) is 10.0. The summed E-state index contributed by atoms with van der Waals surface area (Å²) >= 11 is 13.5. The number of nitrogens with one attached hydrogen (secondary N) is 2. The third kappa shape index (κ3) is 6.60. The molecule has 1 unspecified atom stereocenters. The number of carboxylic acids is 1. The summed E-state index contributed by atoms with van der Waals surface area (Å²) in [6, 6.07) is 12.8. The number of aromatic nitrogens is 2. The number of hydrogen-bond donors (Lipinski definition) is 3. The molecule has 49 heavy (non-hydrogen) atoms. The van der Waals surface area contributed by atoms with Crippen molar-refractivity contribution in [3.8, 4) is 22.6 Å². The van der Waals surface area contributed by atoms with Crippen LogP contribution in [0, 0.1) is 5.82 Å². The molecule has 1 aliphatic heterocycles. The summed E-state index contributed by atoms with van der Waals surface area (Å²) in [7, 11) is 5.23. The lowest BCUT2D eigenvalue weighted by Crippen LogP contribution is -2.46. The Balaban J connectivity index is 1.24. The van der Waals surface area contributed by atoms with Crippen LogP contribution in [0.15, 0.2) is 42.5 Å². The Morgan fingerprint density at radius 3 is 2.57 bits per heavy atom. The number of aliphatic carboxylic acids is 1. The van der Waals surface area contributed by atoms with Gasteiger partial charge in [0.15, 0.2) is 17.3 Å². The monoisotopic (exact) mass is 709 g/mol. The van der Waals surface area contributed by atoms with Gasteiger partial charge in [0.1, 0.15) is 11.6 Å². The van der Waals surface area contributed by atoms with Crippen molar-refractivity contribution in [3.05, 3.63) is 92.2 Å². The molecule has 0 spiro atoms. The maximum Gasteiger partial charge on any atom is 0.323 e. The van der Waals surface area contributed by atoms with Gasteiger partial charge in [-0.15, -0.1) is 0 Å². The summed E-state index contributed by atoms with van der Waals surface area (Å²) in [5.74, 6) is -2.05. The van der Waals surface area contributed by atoms with E-state index in [0.717, 1.165) is 46.6 Å². The van der Waals surface area contributed by atoms with Crippen LogP contribution >= 0.6 is 23.2 Å². The van der Waals surface area contributed by atoms with Crippen LogP contribution in [0.5, 0.6) is 11.5 Å². The zero-order chi connectivity index (χ0) is 35.2. The van der Waals surface area contributed by atoms with Crippen molar-refractivity contribution in [3.63, 3.8) is 0 Å². The standard InChI is InChI=1S/C36H38Cl2FN5O5/c1-36(2,35(46)47)40-17-19-16-24(37)32(30(39)31(19)48-5)49-28-13-12-21-20(8-6-9-22(21)28)23-10-7-11-25(29(23)38)42-34(45)33-41-26-18-43(3)15-14-27(26)44(33)4/h6-11,16,28,40H,12-15,17-18H2,1-5H3,(H,42,45)(H,46,47). The van der Waals surface area contributed by atoms with Gasteiger partial charge < -0.3 is 29.4 Å². The van der Waals surface area contributed by atoms with Gasteiger partial charge in [0, 0.05) is 49.9 Å². The number of methoxy groups -OCH3 is 1. The van der Waals surface area contributed by atoms with E-state index in [2.05, 4.69) is 20.5 Å². The maximum atomic E-state index is 15.8. The van der Waals surface area contributed by atoms with E-state index in [1.807, 2.05) is 49.0 Å². The fourth-order valence-corrected chi connectivity index (χ4v) is 7.03. The topological polar surface area (TPSA) is 118 Å². The molecule has 6 rings (SSSR count). The first kappa shape index (κ1) is 34.7. The Kier molecular flexibility index (Phi) is 9.65. The molecule has 0 saturated carbocycles. The number of carboxylic acid groups (broad SMARTS) is 1. The second-order valence-electron chi connectivity index (χ2n) is 13.0. The van der Waals surface area contributed by atoms with Crippen LogP contribution in [0.2, 0.25) is 10.0 Å². The van der Waals surface area contributed by atoms with Crippen LogP contribution < -0.4 is 20.1 Å². The first-order valence-corrected chi connectivity index (χ1v) is 16.7. The normalized spacial score (nSPS) is 15.9. The molecule has 4 aromatic rings. The highest BCUT2D eigenvalue weighted by atomic mass is 35.5. The number of carbonyl (C=O) groups is 2. The summed E-state index contributed by atoms with van der Waals surface area (Å²) in [5, 5.41) is 15.7. The van der Waals surface area contributed by atoms with Gasteiger partial charge in [-0.25, -0.2) is 4.98 Å². The average molecular weight is 711 g/mol. The third-order valence-electron chi connectivity index (χ3n) is 9.33. The van der Waals surface area contributed by atoms with E-state index in [1.165, 1.54) is 27.0 Å². The highest BCUT2D eigenvalue weighted by Gasteiger charge is 2.32.